The first-order valence-electron chi connectivity index (χ1n) is 7.27. The Balaban J connectivity index is 2.56. The van der Waals surface area contributed by atoms with Crippen molar-refractivity contribution in [2.45, 2.75) is 45.8 Å². The van der Waals surface area contributed by atoms with Crippen LogP contribution in [0.15, 0.2) is 30.5 Å². The highest BCUT2D eigenvalue weighted by Crippen LogP contribution is 2.35. The van der Waals surface area contributed by atoms with E-state index < -0.39 is 6.10 Å². The van der Waals surface area contributed by atoms with Crippen LogP contribution in [0.4, 0.5) is 0 Å². The summed E-state index contributed by atoms with van der Waals surface area (Å²) in [5.74, 6) is 0.619. The SMILES string of the molecule is CCn1ncc(OC)c1C(O)c1ccccc1C(C)(C)C. The van der Waals surface area contributed by atoms with Crippen molar-refractivity contribution in [3.05, 3.63) is 47.3 Å². The van der Waals surface area contributed by atoms with E-state index in [-0.39, 0.29) is 5.41 Å². The van der Waals surface area contributed by atoms with Crippen LogP contribution in [-0.4, -0.2) is 22.0 Å². The predicted octanol–water partition coefficient (Wildman–Crippen LogP) is 3.29. The maximum absolute atomic E-state index is 10.9. The summed E-state index contributed by atoms with van der Waals surface area (Å²) in [7, 11) is 1.60. The van der Waals surface area contributed by atoms with Crippen LogP contribution in [-0.2, 0) is 12.0 Å². The van der Waals surface area contributed by atoms with Crippen LogP contribution in [0, 0.1) is 0 Å². The van der Waals surface area contributed by atoms with Crippen LogP contribution >= 0.6 is 0 Å². The van der Waals surface area contributed by atoms with Gasteiger partial charge in [0.2, 0.25) is 0 Å². The van der Waals surface area contributed by atoms with Gasteiger partial charge in [0.05, 0.1) is 13.3 Å². The number of aromatic nitrogens is 2. The van der Waals surface area contributed by atoms with E-state index in [0.29, 0.717) is 18.0 Å². The van der Waals surface area contributed by atoms with Gasteiger partial charge in [-0.05, 0) is 23.5 Å². The van der Waals surface area contributed by atoms with E-state index in [2.05, 4.69) is 31.9 Å². The lowest BCUT2D eigenvalue weighted by atomic mass is 9.82. The van der Waals surface area contributed by atoms with Crippen LogP contribution in [0.2, 0.25) is 0 Å². The fourth-order valence-electron chi connectivity index (χ4n) is 2.63. The second kappa shape index (κ2) is 5.90. The van der Waals surface area contributed by atoms with Gasteiger partial charge in [-0.1, -0.05) is 45.0 Å². The number of nitrogens with zero attached hydrogens (tertiary/aromatic N) is 2. The molecular weight excluding hydrogens is 264 g/mol. The Morgan fingerprint density at radius 1 is 1.29 bits per heavy atom. The summed E-state index contributed by atoms with van der Waals surface area (Å²) in [5, 5.41) is 15.2. The number of benzene rings is 1. The molecule has 2 rings (SSSR count). The molecule has 0 radical (unpaired) electrons. The van der Waals surface area contributed by atoms with Crippen LogP contribution in [0.25, 0.3) is 0 Å². The molecule has 1 heterocycles. The first kappa shape index (κ1) is 15.6. The highest BCUT2D eigenvalue weighted by molar-refractivity contribution is 5.41. The summed E-state index contributed by atoms with van der Waals surface area (Å²) in [6, 6.07) is 7.99. The summed E-state index contributed by atoms with van der Waals surface area (Å²) in [4.78, 5) is 0. The van der Waals surface area contributed by atoms with Crippen molar-refractivity contribution in [1.82, 2.24) is 9.78 Å². The Hall–Kier alpha value is -1.81. The quantitative estimate of drug-likeness (QED) is 0.939. The second-order valence-electron chi connectivity index (χ2n) is 6.15. The number of ether oxygens (including phenoxy) is 1. The molecular formula is C17H24N2O2. The third-order valence-electron chi connectivity index (χ3n) is 3.69. The lowest BCUT2D eigenvalue weighted by Gasteiger charge is -2.25. The third kappa shape index (κ3) is 2.95. The zero-order valence-corrected chi connectivity index (χ0v) is 13.4. The van der Waals surface area contributed by atoms with E-state index in [1.165, 1.54) is 0 Å². The van der Waals surface area contributed by atoms with Crippen molar-refractivity contribution < 1.29 is 9.84 Å². The van der Waals surface area contributed by atoms with Gasteiger partial charge >= 0.3 is 0 Å². The Morgan fingerprint density at radius 2 is 1.95 bits per heavy atom. The molecule has 0 saturated carbocycles. The summed E-state index contributed by atoms with van der Waals surface area (Å²) < 4.78 is 7.13. The molecule has 0 fully saturated rings. The molecule has 114 valence electrons. The summed E-state index contributed by atoms with van der Waals surface area (Å²) in [6.07, 6.45) is 0.903. The molecule has 1 N–H and O–H groups in total. The lowest BCUT2D eigenvalue weighted by Crippen LogP contribution is -2.18. The van der Waals surface area contributed by atoms with Gasteiger partial charge in [-0.2, -0.15) is 5.10 Å². The minimum Gasteiger partial charge on any atom is -0.493 e. The van der Waals surface area contributed by atoms with E-state index >= 15 is 0 Å². The molecule has 0 aliphatic rings. The van der Waals surface area contributed by atoms with Crippen molar-refractivity contribution in [1.29, 1.82) is 0 Å². The molecule has 4 nitrogen and oxygen atoms in total. The van der Waals surface area contributed by atoms with Crippen LogP contribution < -0.4 is 4.74 Å². The van der Waals surface area contributed by atoms with Gasteiger partial charge < -0.3 is 9.84 Å². The van der Waals surface area contributed by atoms with Gasteiger partial charge in [0.15, 0.2) is 5.75 Å². The van der Waals surface area contributed by atoms with Gasteiger partial charge in [0.25, 0.3) is 0 Å². The minimum atomic E-state index is -0.752. The number of aliphatic hydroxyl groups is 1. The van der Waals surface area contributed by atoms with Crippen molar-refractivity contribution in [3.63, 3.8) is 0 Å². The predicted molar refractivity (Wildman–Crippen MR) is 83.7 cm³/mol. The minimum absolute atomic E-state index is 0.0398. The molecule has 1 atom stereocenters. The van der Waals surface area contributed by atoms with Gasteiger partial charge in [-0.3, -0.25) is 4.68 Å². The topological polar surface area (TPSA) is 47.3 Å². The van der Waals surface area contributed by atoms with E-state index in [1.807, 2.05) is 25.1 Å². The highest BCUT2D eigenvalue weighted by atomic mass is 16.5. The fraction of sp³-hybridized carbons (Fsp3) is 0.471. The van der Waals surface area contributed by atoms with E-state index in [9.17, 15) is 5.11 Å². The van der Waals surface area contributed by atoms with Crippen molar-refractivity contribution in [3.8, 4) is 5.75 Å². The highest BCUT2D eigenvalue weighted by Gasteiger charge is 2.26. The zero-order valence-electron chi connectivity index (χ0n) is 13.4. The lowest BCUT2D eigenvalue weighted by molar-refractivity contribution is 0.200. The van der Waals surface area contributed by atoms with Gasteiger partial charge in [0.1, 0.15) is 11.8 Å². The van der Waals surface area contributed by atoms with Crippen molar-refractivity contribution >= 4 is 0 Å². The third-order valence-corrected chi connectivity index (χ3v) is 3.69. The molecule has 0 saturated heterocycles. The van der Waals surface area contributed by atoms with E-state index in [0.717, 1.165) is 11.1 Å². The van der Waals surface area contributed by atoms with Crippen molar-refractivity contribution in [2.75, 3.05) is 7.11 Å². The van der Waals surface area contributed by atoms with Gasteiger partial charge in [-0.15, -0.1) is 0 Å². The van der Waals surface area contributed by atoms with E-state index in [1.54, 1.807) is 18.0 Å². The number of aliphatic hydroxyl groups excluding tert-OH is 1. The maximum Gasteiger partial charge on any atom is 0.163 e. The standard InChI is InChI=1S/C17H24N2O2/c1-6-19-15(14(21-5)11-18-19)16(20)12-9-7-8-10-13(12)17(2,3)4/h7-11,16,20H,6H2,1-5H3. The summed E-state index contributed by atoms with van der Waals surface area (Å²) >= 11 is 0. The number of aryl methyl sites for hydroxylation is 1. The smallest absolute Gasteiger partial charge is 0.163 e. The van der Waals surface area contributed by atoms with Crippen LogP contribution in [0.3, 0.4) is 0 Å². The molecule has 21 heavy (non-hydrogen) atoms. The molecule has 0 spiro atoms. The molecule has 4 heteroatoms. The van der Waals surface area contributed by atoms with Crippen LogP contribution in [0.5, 0.6) is 5.75 Å². The largest absolute Gasteiger partial charge is 0.493 e. The first-order chi connectivity index (χ1) is 9.90. The molecule has 0 amide bonds. The average molecular weight is 288 g/mol. The molecule has 1 aromatic heterocycles. The Kier molecular flexibility index (Phi) is 4.37. The van der Waals surface area contributed by atoms with E-state index in [4.69, 9.17) is 4.74 Å². The molecule has 0 aliphatic carbocycles. The number of hydrogen-bond donors (Lipinski definition) is 1. The Labute approximate surface area is 126 Å². The molecule has 0 aliphatic heterocycles. The average Bonchev–Trinajstić information content (AvgIpc) is 2.88. The number of rotatable bonds is 4. The molecule has 1 aromatic carbocycles. The first-order valence-corrected chi connectivity index (χ1v) is 7.27. The Bertz CT molecular complexity index is 590. The maximum atomic E-state index is 10.9. The summed E-state index contributed by atoms with van der Waals surface area (Å²) in [6.45, 7) is 9.12. The monoisotopic (exact) mass is 288 g/mol. The molecule has 1 unspecified atom stereocenters. The number of hydrogen-bond acceptors (Lipinski definition) is 3. The van der Waals surface area contributed by atoms with Gasteiger partial charge in [0, 0.05) is 6.54 Å². The van der Waals surface area contributed by atoms with Crippen LogP contribution in [0.1, 0.15) is 50.6 Å². The Morgan fingerprint density at radius 3 is 2.52 bits per heavy atom. The van der Waals surface area contributed by atoms with Gasteiger partial charge in [-0.25, -0.2) is 0 Å². The van der Waals surface area contributed by atoms with Crippen molar-refractivity contribution in [2.24, 2.45) is 0 Å². The normalized spacial score (nSPS) is 13.2. The molecule has 0 bridgehead atoms. The number of methoxy groups -OCH3 is 1. The molecule has 2 aromatic rings. The fourth-order valence-corrected chi connectivity index (χ4v) is 2.63. The second-order valence-corrected chi connectivity index (χ2v) is 6.15. The zero-order chi connectivity index (χ0) is 15.6. The summed E-state index contributed by atoms with van der Waals surface area (Å²) in [5.41, 5.74) is 2.70.